The van der Waals surface area contributed by atoms with Gasteiger partial charge >= 0.3 is 0 Å². The summed E-state index contributed by atoms with van der Waals surface area (Å²) in [5, 5.41) is 3.18. The van der Waals surface area contributed by atoms with Crippen molar-refractivity contribution in [2.45, 2.75) is 38.6 Å². The van der Waals surface area contributed by atoms with Gasteiger partial charge in [-0.3, -0.25) is 15.6 Å². The Morgan fingerprint density at radius 3 is 2.44 bits per heavy atom. The van der Waals surface area contributed by atoms with E-state index >= 15 is 0 Å². The molecule has 0 saturated heterocycles. The molecule has 0 aliphatic carbocycles. The van der Waals surface area contributed by atoms with Crippen LogP contribution in [0, 0.1) is 6.92 Å². The Balaban J connectivity index is 2.91. The fraction of sp³-hybridized carbons (Fsp3) is 0.529. The number of methoxy groups -OCH3 is 1. The van der Waals surface area contributed by atoms with Crippen molar-refractivity contribution in [1.82, 2.24) is 20.5 Å². The van der Waals surface area contributed by atoms with Crippen LogP contribution in [0.2, 0.25) is 0 Å². The van der Waals surface area contributed by atoms with Crippen LogP contribution >= 0.6 is 12.2 Å². The van der Waals surface area contributed by atoms with Crippen molar-refractivity contribution >= 4 is 33.3 Å². The van der Waals surface area contributed by atoms with E-state index in [9.17, 15) is 13.2 Å². The van der Waals surface area contributed by atoms with Crippen LogP contribution in [0.25, 0.3) is 0 Å². The molecular formula is C17H28N4O4S2. The average Bonchev–Trinajstić information content (AvgIpc) is 2.60. The molecule has 1 atom stereocenters. The van der Waals surface area contributed by atoms with E-state index in [0.29, 0.717) is 25.3 Å². The summed E-state index contributed by atoms with van der Waals surface area (Å²) < 4.78 is 31.7. The van der Waals surface area contributed by atoms with Gasteiger partial charge in [-0.15, -0.1) is 0 Å². The molecule has 8 nitrogen and oxygen atoms in total. The number of carbonyl (C=O) groups excluding carboxylic acids is 1. The standard InChI is InChI=1S/C17H28N4O4S2/c1-6-21(7-2)27(23,24)14-9-8-12(3)15(10-14)16(22)19-20-17(26)18-13(4)11-25-5/h8-10,13H,6-7,11H2,1-5H3,(H,19,22)(H2,18,20,26)/t13-/m1/s1. The molecule has 27 heavy (non-hydrogen) atoms. The lowest BCUT2D eigenvalue weighted by Gasteiger charge is -2.19. The third kappa shape index (κ3) is 6.42. The maximum atomic E-state index is 12.7. The molecule has 0 unspecified atom stereocenters. The van der Waals surface area contributed by atoms with Gasteiger partial charge in [0.05, 0.1) is 11.5 Å². The summed E-state index contributed by atoms with van der Waals surface area (Å²) in [6.07, 6.45) is 0. The molecule has 0 aliphatic heterocycles. The highest BCUT2D eigenvalue weighted by molar-refractivity contribution is 7.89. The maximum Gasteiger partial charge on any atom is 0.269 e. The summed E-state index contributed by atoms with van der Waals surface area (Å²) in [7, 11) is -2.06. The number of amides is 1. The summed E-state index contributed by atoms with van der Waals surface area (Å²) in [5.41, 5.74) is 5.99. The zero-order valence-corrected chi connectivity index (χ0v) is 18.0. The number of ether oxygens (including phenoxy) is 1. The lowest BCUT2D eigenvalue weighted by molar-refractivity contribution is 0.0942. The fourth-order valence-electron chi connectivity index (χ4n) is 2.45. The van der Waals surface area contributed by atoms with Crippen molar-refractivity contribution in [3.8, 4) is 0 Å². The topological polar surface area (TPSA) is 99.8 Å². The number of sulfonamides is 1. The van der Waals surface area contributed by atoms with Gasteiger partial charge in [0, 0.05) is 31.8 Å². The minimum Gasteiger partial charge on any atom is -0.383 e. The summed E-state index contributed by atoms with van der Waals surface area (Å²) in [4.78, 5) is 12.6. The van der Waals surface area contributed by atoms with E-state index in [-0.39, 0.29) is 21.6 Å². The molecule has 0 saturated carbocycles. The van der Waals surface area contributed by atoms with Gasteiger partial charge in [-0.2, -0.15) is 4.31 Å². The van der Waals surface area contributed by atoms with Crippen LogP contribution in [0.3, 0.4) is 0 Å². The lowest BCUT2D eigenvalue weighted by atomic mass is 10.1. The van der Waals surface area contributed by atoms with Gasteiger partial charge in [-0.25, -0.2) is 8.42 Å². The number of nitrogens with one attached hydrogen (secondary N) is 3. The van der Waals surface area contributed by atoms with Crippen molar-refractivity contribution in [2.24, 2.45) is 0 Å². The van der Waals surface area contributed by atoms with Gasteiger partial charge in [0.2, 0.25) is 10.0 Å². The molecule has 0 aromatic heterocycles. The first-order valence-electron chi connectivity index (χ1n) is 8.63. The first kappa shape index (κ1) is 23.3. The van der Waals surface area contributed by atoms with Gasteiger partial charge in [-0.05, 0) is 43.8 Å². The Labute approximate surface area is 166 Å². The van der Waals surface area contributed by atoms with E-state index in [1.807, 2.05) is 6.92 Å². The van der Waals surface area contributed by atoms with Gasteiger partial charge in [0.25, 0.3) is 5.91 Å². The second kappa shape index (κ2) is 10.5. The highest BCUT2D eigenvalue weighted by atomic mass is 32.2. The Morgan fingerprint density at radius 1 is 1.26 bits per heavy atom. The zero-order valence-electron chi connectivity index (χ0n) is 16.3. The van der Waals surface area contributed by atoms with Gasteiger partial charge in [0.1, 0.15) is 0 Å². The SMILES string of the molecule is CCN(CC)S(=O)(=O)c1ccc(C)c(C(=O)NNC(=S)N[C@H](C)COC)c1. The van der Waals surface area contributed by atoms with E-state index in [0.717, 1.165) is 0 Å². The predicted octanol–water partition coefficient (Wildman–Crippen LogP) is 1.17. The number of carbonyl (C=O) groups is 1. The van der Waals surface area contributed by atoms with Crippen molar-refractivity contribution < 1.29 is 17.9 Å². The number of benzene rings is 1. The monoisotopic (exact) mass is 416 g/mol. The molecule has 0 heterocycles. The molecule has 1 aromatic carbocycles. The normalized spacial score (nSPS) is 12.5. The average molecular weight is 417 g/mol. The second-order valence-electron chi connectivity index (χ2n) is 5.98. The Bertz CT molecular complexity index is 764. The smallest absolute Gasteiger partial charge is 0.269 e. The largest absolute Gasteiger partial charge is 0.383 e. The first-order valence-corrected chi connectivity index (χ1v) is 10.5. The fourth-order valence-corrected chi connectivity index (χ4v) is 4.19. The van der Waals surface area contributed by atoms with Crippen molar-refractivity contribution in [2.75, 3.05) is 26.8 Å². The summed E-state index contributed by atoms with van der Waals surface area (Å²) in [6.45, 7) is 8.33. The van der Waals surface area contributed by atoms with Crippen molar-refractivity contribution in [3.05, 3.63) is 29.3 Å². The van der Waals surface area contributed by atoms with Gasteiger partial charge in [-0.1, -0.05) is 19.9 Å². The van der Waals surface area contributed by atoms with E-state index in [1.165, 1.54) is 16.4 Å². The van der Waals surface area contributed by atoms with E-state index in [2.05, 4.69) is 16.2 Å². The highest BCUT2D eigenvalue weighted by Gasteiger charge is 2.23. The molecule has 0 spiro atoms. The summed E-state index contributed by atoms with van der Waals surface area (Å²) in [6, 6.07) is 4.47. The van der Waals surface area contributed by atoms with Crippen LogP contribution in [0.4, 0.5) is 0 Å². The quantitative estimate of drug-likeness (QED) is 0.432. The number of rotatable bonds is 8. The maximum absolute atomic E-state index is 12.7. The molecule has 1 aromatic rings. The van der Waals surface area contributed by atoms with Crippen LogP contribution in [0.15, 0.2) is 23.1 Å². The molecular weight excluding hydrogens is 388 g/mol. The van der Waals surface area contributed by atoms with E-state index < -0.39 is 15.9 Å². The number of thiocarbonyl (C=S) groups is 1. The van der Waals surface area contributed by atoms with Gasteiger partial charge in [0.15, 0.2) is 5.11 Å². The van der Waals surface area contributed by atoms with Crippen molar-refractivity contribution in [1.29, 1.82) is 0 Å². The molecule has 1 rings (SSSR count). The number of aryl methyl sites for hydroxylation is 1. The lowest BCUT2D eigenvalue weighted by Crippen LogP contribution is -2.50. The molecule has 0 fully saturated rings. The minimum atomic E-state index is -3.65. The van der Waals surface area contributed by atoms with Crippen LogP contribution in [-0.4, -0.2) is 56.6 Å². The molecule has 0 aliphatic rings. The summed E-state index contributed by atoms with van der Waals surface area (Å²) >= 11 is 5.10. The molecule has 3 N–H and O–H groups in total. The Hall–Kier alpha value is -1.75. The van der Waals surface area contributed by atoms with Crippen LogP contribution in [-0.2, 0) is 14.8 Å². The number of hydrogen-bond donors (Lipinski definition) is 3. The minimum absolute atomic E-state index is 0.0313. The second-order valence-corrected chi connectivity index (χ2v) is 8.32. The molecule has 1 amide bonds. The molecule has 10 heteroatoms. The van der Waals surface area contributed by atoms with Crippen molar-refractivity contribution in [3.63, 3.8) is 0 Å². The van der Waals surface area contributed by atoms with Crippen LogP contribution in [0.5, 0.6) is 0 Å². The number of hydrogen-bond acceptors (Lipinski definition) is 5. The Kier molecular flexibility index (Phi) is 9.10. The third-order valence-electron chi connectivity index (χ3n) is 3.88. The predicted molar refractivity (Wildman–Crippen MR) is 109 cm³/mol. The zero-order chi connectivity index (χ0) is 20.6. The molecule has 152 valence electrons. The van der Waals surface area contributed by atoms with Crippen LogP contribution in [0.1, 0.15) is 36.7 Å². The Morgan fingerprint density at radius 2 is 1.89 bits per heavy atom. The first-order chi connectivity index (χ1) is 12.7. The van der Waals surface area contributed by atoms with Gasteiger partial charge < -0.3 is 10.1 Å². The molecule has 0 radical (unpaired) electrons. The number of hydrazine groups is 1. The third-order valence-corrected chi connectivity index (χ3v) is 6.15. The number of nitrogens with zero attached hydrogens (tertiary/aromatic N) is 1. The van der Waals surface area contributed by atoms with E-state index in [1.54, 1.807) is 33.9 Å². The highest BCUT2D eigenvalue weighted by Crippen LogP contribution is 2.19. The van der Waals surface area contributed by atoms with Crippen LogP contribution < -0.4 is 16.2 Å². The van der Waals surface area contributed by atoms with E-state index in [4.69, 9.17) is 17.0 Å². The molecule has 0 bridgehead atoms. The summed E-state index contributed by atoms with van der Waals surface area (Å²) in [5.74, 6) is -0.479.